The maximum absolute atomic E-state index is 12.0. The molecule has 1 saturated heterocycles. The van der Waals surface area contributed by atoms with Crippen LogP contribution < -0.4 is 4.90 Å². The number of quaternary nitrogens is 1. The molecule has 0 saturated carbocycles. The van der Waals surface area contributed by atoms with E-state index in [4.69, 9.17) is 4.74 Å². The van der Waals surface area contributed by atoms with E-state index in [1.165, 1.54) is 32.4 Å². The fraction of sp³-hybridized carbons (Fsp3) is 0.562. The molecule has 0 unspecified atom stereocenters. The molecule has 0 spiro atoms. The summed E-state index contributed by atoms with van der Waals surface area (Å²) in [5, 5.41) is 0. The van der Waals surface area contributed by atoms with Crippen molar-refractivity contribution in [1.82, 2.24) is 0 Å². The molecule has 1 N–H and O–H groups in total. The number of ether oxygens (including phenoxy) is 1. The molecular weight excluding hydrogens is 238 g/mol. The Hall–Kier alpha value is -1.35. The highest BCUT2D eigenvalue weighted by atomic mass is 16.5. The number of hydrogen-bond acceptors (Lipinski definition) is 2. The van der Waals surface area contributed by atoms with E-state index >= 15 is 0 Å². The number of nitrogens with one attached hydrogen (secondary N) is 1. The molecule has 3 nitrogen and oxygen atoms in total. The molecular formula is C16H24NO2+. The first kappa shape index (κ1) is 14.1. The van der Waals surface area contributed by atoms with Crippen LogP contribution in [0.5, 0.6) is 0 Å². The van der Waals surface area contributed by atoms with Crippen molar-refractivity contribution >= 4 is 5.97 Å². The number of hydrogen-bond donors (Lipinski definition) is 1. The molecule has 1 aliphatic heterocycles. The average Bonchev–Trinajstić information content (AvgIpc) is 2.39. The van der Waals surface area contributed by atoms with Crippen LogP contribution in [0.1, 0.15) is 42.1 Å². The van der Waals surface area contributed by atoms with Crippen LogP contribution in [0.4, 0.5) is 0 Å². The average molecular weight is 262 g/mol. The molecule has 1 heterocycles. The lowest BCUT2D eigenvalue weighted by atomic mass is 10.1. The van der Waals surface area contributed by atoms with Crippen molar-refractivity contribution in [2.75, 3.05) is 19.6 Å². The fourth-order valence-corrected chi connectivity index (χ4v) is 2.73. The lowest BCUT2D eigenvalue weighted by Crippen LogP contribution is -3.13. The van der Waals surface area contributed by atoms with Gasteiger partial charge in [-0.05, 0) is 45.2 Å². The molecule has 3 heteroatoms. The quantitative estimate of drug-likeness (QED) is 0.836. The Kier molecular flexibility index (Phi) is 4.97. The van der Waals surface area contributed by atoms with Gasteiger partial charge in [-0.3, -0.25) is 0 Å². The summed E-state index contributed by atoms with van der Waals surface area (Å²) in [7, 11) is 0. The zero-order valence-electron chi connectivity index (χ0n) is 11.9. The molecule has 1 fully saturated rings. The Bertz CT molecular complexity index is 425. The number of rotatable bonds is 4. The third-order valence-electron chi connectivity index (χ3n) is 3.70. The van der Waals surface area contributed by atoms with Gasteiger partial charge in [0.15, 0.2) is 0 Å². The van der Waals surface area contributed by atoms with Crippen LogP contribution in [0.25, 0.3) is 0 Å². The van der Waals surface area contributed by atoms with E-state index in [1.807, 2.05) is 38.1 Å². The summed E-state index contributed by atoms with van der Waals surface area (Å²) in [4.78, 5) is 13.6. The molecule has 19 heavy (non-hydrogen) atoms. The van der Waals surface area contributed by atoms with Gasteiger partial charge >= 0.3 is 5.97 Å². The lowest BCUT2D eigenvalue weighted by Gasteiger charge is -2.26. The largest absolute Gasteiger partial charge is 0.453 e. The molecule has 0 amide bonds. The summed E-state index contributed by atoms with van der Waals surface area (Å²) in [5.74, 6) is -0.201. The van der Waals surface area contributed by atoms with E-state index < -0.39 is 0 Å². The number of piperidine rings is 1. The first-order chi connectivity index (χ1) is 9.15. The van der Waals surface area contributed by atoms with Crippen LogP contribution in [0.3, 0.4) is 0 Å². The molecule has 1 aromatic carbocycles. The van der Waals surface area contributed by atoms with E-state index in [0.29, 0.717) is 5.56 Å². The Morgan fingerprint density at radius 1 is 1.32 bits per heavy atom. The standard InChI is InChI=1S/C16H23NO2/c1-13-7-6-8-15(11-13)16(18)19-14(2)12-17-9-4-3-5-10-17/h6-8,11,14H,3-5,9-10,12H2,1-2H3/p+1/t14-/m1/s1. The zero-order chi connectivity index (χ0) is 13.7. The monoisotopic (exact) mass is 262 g/mol. The van der Waals surface area contributed by atoms with Gasteiger partial charge in [-0.15, -0.1) is 0 Å². The van der Waals surface area contributed by atoms with E-state index in [1.54, 1.807) is 4.90 Å². The summed E-state index contributed by atoms with van der Waals surface area (Å²) in [6, 6.07) is 7.57. The van der Waals surface area contributed by atoms with Gasteiger partial charge in [0.05, 0.1) is 18.7 Å². The lowest BCUT2D eigenvalue weighted by molar-refractivity contribution is -0.907. The van der Waals surface area contributed by atoms with Gasteiger partial charge in [0.25, 0.3) is 0 Å². The highest BCUT2D eigenvalue weighted by Crippen LogP contribution is 2.07. The summed E-state index contributed by atoms with van der Waals surface area (Å²) in [6.07, 6.45) is 3.93. The Labute approximate surface area is 115 Å². The molecule has 0 aliphatic carbocycles. The van der Waals surface area contributed by atoms with Crippen molar-refractivity contribution in [3.05, 3.63) is 35.4 Å². The van der Waals surface area contributed by atoms with E-state index in [-0.39, 0.29) is 12.1 Å². The SMILES string of the molecule is Cc1cccc(C(=O)O[C@H](C)C[NH+]2CCCCC2)c1. The smallest absolute Gasteiger partial charge is 0.338 e. The first-order valence-electron chi connectivity index (χ1n) is 7.26. The molecule has 0 radical (unpaired) electrons. The van der Waals surface area contributed by atoms with Crippen LogP contribution in [-0.4, -0.2) is 31.7 Å². The molecule has 104 valence electrons. The van der Waals surface area contributed by atoms with Crippen molar-refractivity contribution in [1.29, 1.82) is 0 Å². The minimum atomic E-state index is -0.201. The first-order valence-corrected chi connectivity index (χ1v) is 7.26. The molecule has 0 aromatic heterocycles. The van der Waals surface area contributed by atoms with Crippen LogP contribution in [0.2, 0.25) is 0 Å². The fourth-order valence-electron chi connectivity index (χ4n) is 2.73. The Morgan fingerprint density at radius 2 is 2.05 bits per heavy atom. The van der Waals surface area contributed by atoms with Gasteiger partial charge in [0, 0.05) is 0 Å². The molecule has 1 atom stereocenters. The minimum absolute atomic E-state index is 0.0129. The highest BCUT2D eigenvalue weighted by molar-refractivity contribution is 5.89. The second-order valence-corrected chi connectivity index (χ2v) is 5.60. The topological polar surface area (TPSA) is 30.7 Å². The second-order valence-electron chi connectivity index (χ2n) is 5.60. The van der Waals surface area contributed by atoms with E-state index in [2.05, 4.69) is 0 Å². The Morgan fingerprint density at radius 3 is 2.74 bits per heavy atom. The van der Waals surface area contributed by atoms with Crippen LogP contribution in [0, 0.1) is 6.92 Å². The molecule has 1 aliphatic rings. The third kappa shape index (κ3) is 4.35. The summed E-state index contributed by atoms with van der Waals surface area (Å²) in [6.45, 7) is 7.34. The van der Waals surface area contributed by atoms with Gasteiger partial charge in [-0.1, -0.05) is 17.7 Å². The summed E-state index contributed by atoms with van der Waals surface area (Å²) in [5.41, 5.74) is 1.74. The molecule has 0 bridgehead atoms. The van der Waals surface area contributed by atoms with Crippen molar-refractivity contribution in [2.45, 2.75) is 39.2 Å². The summed E-state index contributed by atoms with van der Waals surface area (Å²) < 4.78 is 5.53. The van der Waals surface area contributed by atoms with Crippen molar-refractivity contribution in [2.24, 2.45) is 0 Å². The van der Waals surface area contributed by atoms with Gasteiger partial charge < -0.3 is 9.64 Å². The van der Waals surface area contributed by atoms with Crippen LogP contribution >= 0.6 is 0 Å². The van der Waals surface area contributed by atoms with Crippen molar-refractivity contribution < 1.29 is 14.4 Å². The minimum Gasteiger partial charge on any atom is -0.453 e. The van der Waals surface area contributed by atoms with E-state index in [0.717, 1.165) is 12.1 Å². The van der Waals surface area contributed by atoms with Gasteiger partial charge in [-0.25, -0.2) is 4.79 Å². The maximum atomic E-state index is 12.0. The second kappa shape index (κ2) is 6.71. The zero-order valence-corrected chi connectivity index (χ0v) is 11.9. The number of esters is 1. The van der Waals surface area contributed by atoms with Gasteiger partial charge in [-0.2, -0.15) is 0 Å². The Balaban J connectivity index is 1.84. The van der Waals surface area contributed by atoms with E-state index in [9.17, 15) is 4.79 Å². The molecule has 1 aromatic rings. The highest BCUT2D eigenvalue weighted by Gasteiger charge is 2.19. The predicted octanol–water partition coefficient (Wildman–Crippen LogP) is 1.61. The number of carbonyl (C=O) groups excluding carboxylic acids is 1. The number of benzene rings is 1. The predicted molar refractivity (Wildman–Crippen MR) is 75.5 cm³/mol. The molecule has 2 rings (SSSR count). The summed E-state index contributed by atoms with van der Waals surface area (Å²) >= 11 is 0. The van der Waals surface area contributed by atoms with Crippen molar-refractivity contribution in [3.63, 3.8) is 0 Å². The van der Waals surface area contributed by atoms with Crippen LogP contribution in [0.15, 0.2) is 24.3 Å². The van der Waals surface area contributed by atoms with Gasteiger partial charge in [0.2, 0.25) is 0 Å². The number of likely N-dealkylation sites (tertiary alicyclic amines) is 1. The third-order valence-corrected chi connectivity index (χ3v) is 3.70. The van der Waals surface area contributed by atoms with Gasteiger partial charge in [0.1, 0.15) is 12.6 Å². The number of aryl methyl sites for hydroxylation is 1. The number of carbonyl (C=O) groups is 1. The normalized spacial score (nSPS) is 18.0. The van der Waals surface area contributed by atoms with Crippen LogP contribution in [-0.2, 0) is 4.74 Å². The van der Waals surface area contributed by atoms with Crippen molar-refractivity contribution in [3.8, 4) is 0 Å². The maximum Gasteiger partial charge on any atom is 0.338 e.